The molecule has 17 heavy (non-hydrogen) atoms. The summed E-state index contributed by atoms with van der Waals surface area (Å²) in [7, 11) is 0. The molecule has 0 aromatic carbocycles. The van der Waals surface area contributed by atoms with Crippen LogP contribution in [-0.4, -0.2) is 48.8 Å². The molecule has 0 radical (unpaired) electrons. The molecule has 3 nitrogen and oxygen atoms in total. The lowest BCUT2D eigenvalue weighted by atomic mass is 10.0. The molecule has 0 aromatic heterocycles. The van der Waals surface area contributed by atoms with Crippen molar-refractivity contribution in [2.75, 3.05) is 32.7 Å². The Hall–Kier alpha value is -0.120. The van der Waals surface area contributed by atoms with Crippen molar-refractivity contribution in [1.29, 1.82) is 0 Å². The van der Waals surface area contributed by atoms with Crippen LogP contribution < -0.4 is 5.32 Å². The van der Waals surface area contributed by atoms with Gasteiger partial charge in [-0.2, -0.15) is 0 Å². The number of hydrogen-bond donors (Lipinski definition) is 2. The van der Waals surface area contributed by atoms with Crippen LogP contribution in [0.3, 0.4) is 0 Å². The largest absolute Gasteiger partial charge is 0.390 e. The first-order valence-electron chi connectivity index (χ1n) is 7.37. The number of aliphatic hydroxyl groups excluding tert-OH is 1. The zero-order valence-electron chi connectivity index (χ0n) is 11.6. The van der Waals surface area contributed by atoms with Crippen LogP contribution in [0, 0.1) is 5.92 Å². The van der Waals surface area contributed by atoms with Crippen LogP contribution in [0.1, 0.15) is 46.0 Å². The van der Waals surface area contributed by atoms with Crippen LogP contribution in [0.4, 0.5) is 0 Å². The molecule has 1 rings (SSSR count). The van der Waals surface area contributed by atoms with Crippen LogP contribution in [-0.2, 0) is 0 Å². The molecule has 0 saturated heterocycles. The zero-order chi connectivity index (χ0) is 12.5. The van der Waals surface area contributed by atoms with Crippen molar-refractivity contribution in [3.05, 3.63) is 0 Å². The Morgan fingerprint density at radius 2 is 1.88 bits per heavy atom. The average Bonchev–Trinajstić information content (AvgIpc) is 2.84. The van der Waals surface area contributed by atoms with Gasteiger partial charge in [0, 0.05) is 13.1 Å². The molecule has 2 N–H and O–H groups in total. The lowest BCUT2D eigenvalue weighted by Gasteiger charge is -2.22. The van der Waals surface area contributed by atoms with Crippen molar-refractivity contribution in [3.8, 4) is 0 Å². The molecule has 3 heteroatoms. The zero-order valence-corrected chi connectivity index (χ0v) is 11.6. The molecule has 0 aliphatic heterocycles. The topological polar surface area (TPSA) is 35.5 Å². The SMILES string of the molecule is CCN(CC)CC(O)CNCCC1CCCC1. The summed E-state index contributed by atoms with van der Waals surface area (Å²) in [5.41, 5.74) is 0. The van der Waals surface area contributed by atoms with E-state index in [0.29, 0.717) is 0 Å². The first kappa shape index (κ1) is 14.9. The predicted octanol–water partition coefficient (Wildman–Crippen LogP) is 1.86. The van der Waals surface area contributed by atoms with E-state index < -0.39 is 0 Å². The highest BCUT2D eigenvalue weighted by atomic mass is 16.3. The van der Waals surface area contributed by atoms with E-state index in [1.54, 1.807) is 0 Å². The highest BCUT2D eigenvalue weighted by Crippen LogP contribution is 2.26. The summed E-state index contributed by atoms with van der Waals surface area (Å²) in [4.78, 5) is 2.27. The van der Waals surface area contributed by atoms with Crippen LogP contribution in [0.15, 0.2) is 0 Å². The molecular weight excluding hydrogens is 212 g/mol. The van der Waals surface area contributed by atoms with Crippen molar-refractivity contribution < 1.29 is 5.11 Å². The maximum Gasteiger partial charge on any atom is 0.0791 e. The second-order valence-corrected chi connectivity index (χ2v) is 5.28. The van der Waals surface area contributed by atoms with E-state index in [0.717, 1.165) is 38.6 Å². The average molecular weight is 242 g/mol. The molecule has 1 atom stereocenters. The summed E-state index contributed by atoms with van der Waals surface area (Å²) in [6, 6.07) is 0. The predicted molar refractivity (Wildman–Crippen MR) is 73.2 cm³/mol. The van der Waals surface area contributed by atoms with Gasteiger partial charge in [-0.1, -0.05) is 39.5 Å². The van der Waals surface area contributed by atoms with Gasteiger partial charge in [0.15, 0.2) is 0 Å². The minimum atomic E-state index is -0.224. The van der Waals surface area contributed by atoms with Gasteiger partial charge in [0.25, 0.3) is 0 Å². The Balaban J connectivity index is 1.97. The summed E-state index contributed by atoms with van der Waals surface area (Å²) in [6.07, 6.45) is 6.76. The lowest BCUT2D eigenvalue weighted by Crippen LogP contribution is -2.38. The Morgan fingerprint density at radius 1 is 1.24 bits per heavy atom. The standard InChI is InChI=1S/C14H30N2O/c1-3-16(4-2)12-14(17)11-15-10-9-13-7-5-6-8-13/h13-15,17H,3-12H2,1-2H3. The van der Waals surface area contributed by atoms with Gasteiger partial charge in [-0.15, -0.1) is 0 Å². The first-order chi connectivity index (χ1) is 8.26. The van der Waals surface area contributed by atoms with Crippen molar-refractivity contribution in [1.82, 2.24) is 10.2 Å². The van der Waals surface area contributed by atoms with Crippen LogP contribution in [0.25, 0.3) is 0 Å². The van der Waals surface area contributed by atoms with E-state index in [1.165, 1.54) is 32.1 Å². The summed E-state index contributed by atoms with van der Waals surface area (Å²) in [5.74, 6) is 0.947. The maximum atomic E-state index is 9.87. The van der Waals surface area contributed by atoms with Crippen LogP contribution in [0.2, 0.25) is 0 Å². The van der Waals surface area contributed by atoms with Crippen molar-refractivity contribution in [3.63, 3.8) is 0 Å². The van der Waals surface area contributed by atoms with Gasteiger partial charge in [0.05, 0.1) is 6.10 Å². The minimum absolute atomic E-state index is 0.224. The van der Waals surface area contributed by atoms with Crippen molar-refractivity contribution >= 4 is 0 Å². The molecule has 0 spiro atoms. The molecule has 102 valence electrons. The third-order valence-electron chi connectivity index (χ3n) is 3.95. The number of nitrogens with one attached hydrogen (secondary N) is 1. The lowest BCUT2D eigenvalue weighted by molar-refractivity contribution is 0.116. The second kappa shape index (κ2) is 8.90. The van der Waals surface area contributed by atoms with Gasteiger partial charge >= 0.3 is 0 Å². The third-order valence-corrected chi connectivity index (χ3v) is 3.95. The highest BCUT2D eigenvalue weighted by molar-refractivity contribution is 4.70. The summed E-state index contributed by atoms with van der Waals surface area (Å²) in [5, 5.41) is 13.3. The number of rotatable bonds is 9. The molecule has 1 fully saturated rings. The number of hydrogen-bond acceptors (Lipinski definition) is 3. The summed E-state index contributed by atoms with van der Waals surface area (Å²) < 4.78 is 0. The fourth-order valence-electron chi connectivity index (χ4n) is 2.72. The molecule has 0 aromatic rings. The number of likely N-dealkylation sites (N-methyl/N-ethyl adjacent to an activating group) is 1. The van der Waals surface area contributed by atoms with E-state index in [1.807, 2.05) is 0 Å². The Kier molecular flexibility index (Phi) is 7.82. The second-order valence-electron chi connectivity index (χ2n) is 5.28. The fraction of sp³-hybridized carbons (Fsp3) is 1.00. The van der Waals surface area contributed by atoms with Crippen molar-refractivity contribution in [2.45, 2.75) is 52.1 Å². The monoisotopic (exact) mass is 242 g/mol. The van der Waals surface area contributed by atoms with Gasteiger partial charge in [0.2, 0.25) is 0 Å². The Morgan fingerprint density at radius 3 is 2.47 bits per heavy atom. The molecule has 0 bridgehead atoms. The quantitative estimate of drug-likeness (QED) is 0.606. The summed E-state index contributed by atoms with van der Waals surface area (Å²) in [6.45, 7) is 8.94. The van der Waals surface area contributed by atoms with Crippen molar-refractivity contribution in [2.24, 2.45) is 5.92 Å². The molecule has 1 saturated carbocycles. The van der Waals surface area contributed by atoms with E-state index in [9.17, 15) is 5.11 Å². The third kappa shape index (κ3) is 6.39. The van der Waals surface area contributed by atoms with E-state index in [-0.39, 0.29) is 6.10 Å². The normalized spacial score (nSPS) is 19.1. The first-order valence-corrected chi connectivity index (χ1v) is 7.37. The molecule has 0 amide bonds. The maximum absolute atomic E-state index is 9.87. The number of nitrogens with zero attached hydrogens (tertiary/aromatic N) is 1. The Bertz CT molecular complexity index is 177. The van der Waals surface area contributed by atoms with Gasteiger partial charge in [0.1, 0.15) is 0 Å². The highest BCUT2D eigenvalue weighted by Gasteiger charge is 2.14. The van der Waals surface area contributed by atoms with E-state index >= 15 is 0 Å². The van der Waals surface area contributed by atoms with Gasteiger partial charge in [-0.3, -0.25) is 0 Å². The summed E-state index contributed by atoms with van der Waals surface area (Å²) >= 11 is 0. The fourth-order valence-corrected chi connectivity index (χ4v) is 2.72. The van der Waals surface area contributed by atoms with E-state index in [2.05, 4.69) is 24.1 Å². The molecule has 1 aliphatic rings. The van der Waals surface area contributed by atoms with Gasteiger partial charge in [-0.25, -0.2) is 0 Å². The van der Waals surface area contributed by atoms with Crippen LogP contribution in [0.5, 0.6) is 0 Å². The van der Waals surface area contributed by atoms with E-state index in [4.69, 9.17) is 0 Å². The molecular formula is C14H30N2O. The molecule has 0 heterocycles. The Labute approximate surface area is 107 Å². The van der Waals surface area contributed by atoms with Gasteiger partial charge in [-0.05, 0) is 32.0 Å². The molecule has 1 unspecified atom stereocenters. The minimum Gasteiger partial charge on any atom is -0.390 e. The smallest absolute Gasteiger partial charge is 0.0791 e. The van der Waals surface area contributed by atoms with Crippen LogP contribution >= 0.6 is 0 Å². The number of aliphatic hydroxyl groups is 1. The molecule has 1 aliphatic carbocycles. The van der Waals surface area contributed by atoms with Gasteiger partial charge < -0.3 is 15.3 Å².